The number of fused-ring (bicyclic) bond motifs is 1. The molecule has 0 aliphatic carbocycles. The largest absolute Gasteiger partial charge is 1.00 e. The Labute approximate surface area is 136 Å². The van der Waals surface area contributed by atoms with E-state index in [0.717, 1.165) is 27.9 Å². The second-order valence-electron chi connectivity index (χ2n) is 4.61. The van der Waals surface area contributed by atoms with Crippen molar-refractivity contribution in [1.29, 1.82) is 0 Å². The monoisotopic (exact) mass is 403 g/mol. The van der Waals surface area contributed by atoms with Crippen LogP contribution in [-0.2, 0) is 13.0 Å². The van der Waals surface area contributed by atoms with Gasteiger partial charge in [0, 0.05) is 10.9 Å². The standard InChI is InChI=1S/C13H14BrN3S.BrH/c14-10-5-7-11(8-6-10)17-12-4-2-1-3-9-16(12)15-13(17)18;/h5-8H,1-4,9H2;1H. The molecule has 0 radical (unpaired) electrons. The van der Waals surface area contributed by atoms with Crippen LogP contribution in [0.15, 0.2) is 28.7 Å². The second-order valence-corrected chi connectivity index (χ2v) is 5.91. The molecule has 2 heterocycles. The van der Waals surface area contributed by atoms with Crippen LogP contribution in [0.4, 0.5) is 0 Å². The van der Waals surface area contributed by atoms with Crippen molar-refractivity contribution >= 4 is 28.1 Å². The number of aryl methyl sites for hydroxylation is 1. The van der Waals surface area contributed by atoms with Crippen molar-refractivity contribution < 1.29 is 21.5 Å². The topological polar surface area (TPSA) is 24.6 Å². The summed E-state index contributed by atoms with van der Waals surface area (Å²) in [5.41, 5.74) is 1.13. The summed E-state index contributed by atoms with van der Waals surface area (Å²) >= 11 is 8.92. The Hall–Kier alpha value is -0.460. The van der Waals surface area contributed by atoms with Gasteiger partial charge >= 0.3 is 4.77 Å². The zero-order valence-corrected chi connectivity index (χ0v) is 14.4. The fraction of sp³-hybridized carbons (Fsp3) is 0.385. The molecular formula is C13H15Br2N3S. The summed E-state index contributed by atoms with van der Waals surface area (Å²) in [6.45, 7) is 1.04. The van der Waals surface area contributed by atoms with Crippen LogP contribution in [0.1, 0.15) is 25.1 Å². The average molecular weight is 405 g/mol. The van der Waals surface area contributed by atoms with Crippen molar-refractivity contribution in [3.05, 3.63) is 39.3 Å². The molecule has 1 aromatic carbocycles. The highest BCUT2D eigenvalue weighted by Gasteiger charge is 2.22. The van der Waals surface area contributed by atoms with Gasteiger partial charge in [-0.15, -0.1) is 9.78 Å². The van der Waals surface area contributed by atoms with Crippen molar-refractivity contribution in [3.8, 4) is 5.69 Å². The molecule has 0 fully saturated rings. The molecule has 3 rings (SSSR count). The fourth-order valence-electron chi connectivity index (χ4n) is 2.49. The normalized spacial score (nSPS) is 14.4. The Kier molecular flexibility index (Phi) is 4.97. The van der Waals surface area contributed by atoms with Gasteiger partial charge in [0.15, 0.2) is 0 Å². The molecular weight excluding hydrogens is 390 g/mol. The van der Waals surface area contributed by atoms with Gasteiger partial charge < -0.3 is 17.0 Å². The SMILES string of the molecule is S=c1[nH]n2c([n+]1-c1ccc(Br)cc1)CCCCC2.[Br-]. The van der Waals surface area contributed by atoms with Crippen LogP contribution in [-0.4, -0.2) is 9.78 Å². The van der Waals surface area contributed by atoms with Gasteiger partial charge in [-0.25, -0.2) is 0 Å². The first-order valence-electron chi connectivity index (χ1n) is 6.25. The van der Waals surface area contributed by atoms with E-state index in [1.165, 1.54) is 25.1 Å². The zero-order valence-electron chi connectivity index (χ0n) is 10.4. The average Bonchev–Trinajstić information content (AvgIpc) is 2.54. The zero-order chi connectivity index (χ0) is 12.5. The van der Waals surface area contributed by atoms with Gasteiger partial charge in [0.1, 0.15) is 12.2 Å². The third kappa shape index (κ3) is 3.01. The molecule has 1 aliphatic rings. The Balaban J connectivity index is 0.00000133. The molecule has 0 amide bonds. The maximum absolute atomic E-state index is 5.45. The molecule has 1 N–H and O–H groups in total. The maximum Gasteiger partial charge on any atom is 0.328 e. The van der Waals surface area contributed by atoms with Gasteiger partial charge in [-0.2, -0.15) is 4.57 Å². The van der Waals surface area contributed by atoms with E-state index in [4.69, 9.17) is 12.2 Å². The Morgan fingerprint density at radius 3 is 2.63 bits per heavy atom. The number of benzene rings is 1. The highest BCUT2D eigenvalue weighted by molar-refractivity contribution is 9.10. The van der Waals surface area contributed by atoms with E-state index in [1.54, 1.807) is 0 Å². The summed E-state index contributed by atoms with van der Waals surface area (Å²) in [5.74, 6) is 1.29. The number of H-pyrrole nitrogens is 1. The molecule has 2 aromatic rings. The van der Waals surface area contributed by atoms with Crippen LogP contribution in [0.3, 0.4) is 0 Å². The smallest absolute Gasteiger partial charge is 0.328 e. The quantitative estimate of drug-likeness (QED) is 0.537. The van der Waals surface area contributed by atoms with Gasteiger partial charge in [0.05, 0.1) is 0 Å². The molecule has 6 heteroatoms. The number of halogens is 2. The van der Waals surface area contributed by atoms with Gasteiger partial charge in [-0.3, -0.25) is 0 Å². The van der Waals surface area contributed by atoms with E-state index in [9.17, 15) is 0 Å². The van der Waals surface area contributed by atoms with Crippen LogP contribution in [0, 0.1) is 4.77 Å². The van der Waals surface area contributed by atoms with Crippen LogP contribution in [0.25, 0.3) is 5.69 Å². The summed E-state index contributed by atoms with van der Waals surface area (Å²) < 4.78 is 6.24. The first-order valence-corrected chi connectivity index (χ1v) is 7.45. The molecule has 102 valence electrons. The summed E-state index contributed by atoms with van der Waals surface area (Å²) in [7, 11) is 0. The second kappa shape index (κ2) is 6.33. The summed E-state index contributed by atoms with van der Waals surface area (Å²) in [6.07, 6.45) is 4.85. The lowest BCUT2D eigenvalue weighted by molar-refractivity contribution is -0.612. The fourth-order valence-corrected chi connectivity index (χ4v) is 3.07. The minimum absolute atomic E-state index is 0. The highest BCUT2D eigenvalue weighted by Crippen LogP contribution is 2.14. The van der Waals surface area contributed by atoms with E-state index in [1.807, 2.05) is 0 Å². The predicted molar refractivity (Wildman–Crippen MR) is 76.4 cm³/mol. The molecule has 3 nitrogen and oxygen atoms in total. The van der Waals surface area contributed by atoms with Crippen molar-refractivity contribution in [3.63, 3.8) is 0 Å². The lowest BCUT2D eigenvalue weighted by Crippen LogP contribution is -3.00. The first-order chi connectivity index (χ1) is 8.75. The number of aromatic nitrogens is 3. The molecule has 0 saturated carbocycles. The van der Waals surface area contributed by atoms with Crippen molar-refractivity contribution in [2.24, 2.45) is 0 Å². The number of hydrogen-bond acceptors (Lipinski definition) is 1. The van der Waals surface area contributed by atoms with E-state index >= 15 is 0 Å². The molecule has 0 bridgehead atoms. The number of nitrogens with one attached hydrogen (secondary N) is 1. The molecule has 0 atom stereocenters. The van der Waals surface area contributed by atoms with E-state index in [-0.39, 0.29) is 17.0 Å². The maximum atomic E-state index is 5.45. The van der Waals surface area contributed by atoms with Crippen molar-refractivity contribution in [2.75, 3.05) is 0 Å². The van der Waals surface area contributed by atoms with Gasteiger partial charge in [0.25, 0.3) is 0 Å². The molecule has 1 aromatic heterocycles. The lowest BCUT2D eigenvalue weighted by Gasteiger charge is -2.01. The summed E-state index contributed by atoms with van der Waals surface area (Å²) in [4.78, 5) is 0. The van der Waals surface area contributed by atoms with Crippen LogP contribution in [0.2, 0.25) is 0 Å². The number of rotatable bonds is 1. The third-order valence-corrected chi connectivity index (χ3v) is 4.17. The predicted octanol–water partition coefficient (Wildman–Crippen LogP) is 0.315. The third-order valence-electron chi connectivity index (χ3n) is 3.37. The number of hydrogen-bond donors (Lipinski definition) is 1. The molecule has 0 saturated heterocycles. The number of aromatic amines is 1. The minimum atomic E-state index is 0. The Morgan fingerprint density at radius 1 is 1.16 bits per heavy atom. The van der Waals surface area contributed by atoms with E-state index in [2.05, 4.69) is 54.5 Å². The van der Waals surface area contributed by atoms with Crippen LogP contribution in [0.5, 0.6) is 0 Å². The molecule has 1 aliphatic heterocycles. The Morgan fingerprint density at radius 2 is 1.89 bits per heavy atom. The van der Waals surface area contributed by atoms with Gasteiger partial charge in [-0.1, -0.05) is 15.9 Å². The van der Waals surface area contributed by atoms with E-state index < -0.39 is 0 Å². The van der Waals surface area contributed by atoms with Crippen molar-refractivity contribution in [1.82, 2.24) is 9.78 Å². The summed E-state index contributed by atoms with van der Waals surface area (Å²) in [6, 6.07) is 8.30. The van der Waals surface area contributed by atoms with Crippen molar-refractivity contribution in [2.45, 2.75) is 32.2 Å². The van der Waals surface area contributed by atoms with Gasteiger partial charge in [0.2, 0.25) is 5.82 Å². The first kappa shape index (κ1) is 14.9. The summed E-state index contributed by atoms with van der Waals surface area (Å²) in [5, 5.41) is 3.30. The Bertz CT molecular complexity index is 616. The molecule has 0 spiro atoms. The highest BCUT2D eigenvalue weighted by atomic mass is 79.9. The van der Waals surface area contributed by atoms with Crippen LogP contribution >= 0.6 is 28.1 Å². The van der Waals surface area contributed by atoms with Crippen LogP contribution < -0.4 is 21.5 Å². The number of nitrogens with zero attached hydrogens (tertiary/aromatic N) is 2. The molecule has 0 unspecified atom stereocenters. The lowest BCUT2D eigenvalue weighted by atomic mass is 10.2. The minimum Gasteiger partial charge on any atom is -1.00 e. The van der Waals surface area contributed by atoms with E-state index in [0.29, 0.717) is 0 Å². The van der Waals surface area contributed by atoms with Gasteiger partial charge in [-0.05, 0) is 55.7 Å². The molecule has 19 heavy (non-hydrogen) atoms.